The van der Waals surface area contributed by atoms with Gasteiger partial charge in [0.1, 0.15) is 32.5 Å². The predicted molar refractivity (Wildman–Crippen MR) is 117 cm³/mol. The van der Waals surface area contributed by atoms with Crippen LogP contribution in [0.3, 0.4) is 0 Å². The highest BCUT2D eigenvalue weighted by atomic mass is 16.6. The van der Waals surface area contributed by atoms with Crippen molar-refractivity contribution in [2.75, 3.05) is 46.1 Å². The number of aliphatic hydroxyl groups is 1. The quantitative estimate of drug-likeness (QED) is 0.712. The third-order valence-electron chi connectivity index (χ3n) is 6.06. The zero-order valence-electron chi connectivity index (χ0n) is 17.9. The summed E-state index contributed by atoms with van der Waals surface area (Å²) in [5.74, 6) is 2.22. The summed E-state index contributed by atoms with van der Waals surface area (Å²) in [5.41, 5.74) is 1.15. The molecular weight excluding hydrogens is 412 g/mol. The molecule has 3 heterocycles. The first kappa shape index (κ1) is 20.9. The van der Waals surface area contributed by atoms with Gasteiger partial charge in [0, 0.05) is 12.1 Å². The van der Waals surface area contributed by atoms with Crippen LogP contribution in [-0.4, -0.2) is 68.0 Å². The van der Waals surface area contributed by atoms with E-state index in [1.54, 1.807) is 24.3 Å². The van der Waals surface area contributed by atoms with Gasteiger partial charge in [-0.05, 0) is 61.8 Å². The molecule has 1 fully saturated rings. The number of aliphatic hydroxyl groups excluding tert-OH is 1. The Morgan fingerprint density at radius 1 is 0.875 bits per heavy atom. The molecule has 32 heavy (non-hydrogen) atoms. The number of hydrogen-bond donors (Lipinski definition) is 2. The predicted octanol–water partition coefficient (Wildman–Crippen LogP) is 2.16. The summed E-state index contributed by atoms with van der Waals surface area (Å²) in [6.45, 7) is 4.43. The van der Waals surface area contributed by atoms with Gasteiger partial charge in [0.2, 0.25) is 0 Å². The molecule has 0 spiro atoms. The minimum Gasteiger partial charge on any atom is -0.486 e. The van der Waals surface area contributed by atoms with E-state index in [4.69, 9.17) is 18.9 Å². The van der Waals surface area contributed by atoms with Crippen molar-refractivity contribution in [1.82, 2.24) is 10.2 Å². The van der Waals surface area contributed by atoms with Crippen molar-refractivity contribution in [2.24, 2.45) is 0 Å². The SMILES string of the molecule is O=C(N[C@H](CN1CCCC1)[C@H](O)c1ccc2c(c1)OCCO2)c1ccc2c(c1)OCCO2. The molecule has 0 aromatic heterocycles. The molecule has 0 radical (unpaired) electrons. The van der Waals surface area contributed by atoms with E-state index in [-0.39, 0.29) is 5.91 Å². The summed E-state index contributed by atoms with van der Waals surface area (Å²) in [5, 5.41) is 14.3. The molecule has 2 aromatic carbocycles. The van der Waals surface area contributed by atoms with Crippen LogP contribution in [0.1, 0.15) is 34.9 Å². The summed E-state index contributed by atoms with van der Waals surface area (Å²) >= 11 is 0. The number of benzene rings is 2. The molecule has 1 amide bonds. The summed E-state index contributed by atoms with van der Waals surface area (Å²) in [7, 11) is 0. The third kappa shape index (κ3) is 4.47. The maximum atomic E-state index is 13.1. The Kier molecular flexibility index (Phi) is 6.05. The van der Waals surface area contributed by atoms with Gasteiger partial charge in [0.15, 0.2) is 23.0 Å². The van der Waals surface area contributed by atoms with E-state index in [1.165, 1.54) is 0 Å². The van der Waals surface area contributed by atoms with Gasteiger partial charge in [-0.1, -0.05) is 6.07 Å². The highest BCUT2D eigenvalue weighted by Crippen LogP contribution is 2.34. The number of hydrogen-bond acceptors (Lipinski definition) is 7. The van der Waals surface area contributed by atoms with Crippen LogP contribution in [0.4, 0.5) is 0 Å². The molecule has 8 nitrogen and oxygen atoms in total. The fourth-order valence-corrected chi connectivity index (χ4v) is 4.38. The highest BCUT2D eigenvalue weighted by molar-refractivity contribution is 5.95. The van der Waals surface area contributed by atoms with E-state index in [9.17, 15) is 9.90 Å². The number of nitrogens with one attached hydrogen (secondary N) is 1. The van der Waals surface area contributed by atoms with Crippen LogP contribution < -0.4 is 24.3 Å². The molecular formula is C24H28N2O6. The molecule has 2 N–H and O–H groups in total. The second kappa shape index (κ2) is 9.26. The molecule has 5 rings (SSSR count). The lowest BCUT2D eigenvalue weighted by molar-refractivity contribution is 0.0770. The van der Waals surface area contributed by atoms with Crippen LogP contribution in [0.5, 0.6) is 23.0 Å². The number of carbonyl (C=O) groups excluding carboxylic acids is 1. The van der Waals surface area contributed by atoms with Crippen molar-refractivity contribution in [1.29, 1.82) is 0 Å². The lowest BCUT2D eigenvalue weighted by atomic mass is 10.00. The van der Waals surface area contributed by atoms with Crippen molar-refractivity contribution in [3.8, 4) is 23.0 Å². The molecule has 170 valence electrons. The Hall–Kier alpha value is -2.97. The third-order valence-corrected chi connectivity index (χ3v) is 6.06. The average Bonchev–Trinajstić information content (AvgIpc) is 3.35. The van der Waals surface area contributed by atoms with Crippen molar-refractivity contribution >= 4 is 5.91 Å². The van der Waals surface area contributed by atoms with Crippen LogP contribution in [0.25, 0.3) is 0 Å². The van der Waals surface area contributed by atoms with Gasteiger partial charge in [-0.25, -0.2) is 0 Å². The van der Waals surface area contributed by atoms with Crippen molar-refractivity contribution < 1.29 is 28.8 Å². The summed E-state index contributed by atoms with van der Waals surface area (Å²) < 4.78 is 22.4. The van der Waals surface area contributed by atoms with E-state index in [1.807, 2.05) is 12.1 Å². The first-order valence-electron chi connectivity index (χ1n) is 11.2. The Bertz CT molecular complexity index is 975. The first-order chi connectivity index (χ1) is 15.7. The molecule has 0 bridgehead atoms. The van der Waals surface area contributed by atoms with Gasteiger partial charge in [0.25, 0.3) is 5.91 Å². The molecule has 0 saturated carbocycles. The van der Waals surface area contributed by atoms with E-state index in [0.717, 1.165) is 25.9 Å². The van der Waals surface area contributed by atoms with E-state index < -0.39 is 12.1 Å². The number of amides is 1. The van der Waals surface area contributed by atoms with Crippen LogP contribution in [-0.2, 0) is 0 Å². The number of carbonyl (C=O) groups is 1. The van der Waals surface area contributed by atoms with Crippen LogP contribution >= 0.6 is 0 Å². The smallest absolute Gasteiger partial charge is 0.251 e. The number of likely N-dealkylation sites (tertiary alicyclic amines) is 1. The molecule has 3 aliphatic heterocycles. The first-order valence-corrected chi connectivity index (χ1v) is 11.2. The zero-order chi connectivity index (χ0) is 21.9. The molecule has 8 heteroatoms. The normalized spacial score (nSPS) is 19.3. The second-order valence-corrected chi connectivity index (χ2v) is 8.29. The molecule has 0 aliphatic carbocycles. The van der Waals surface area contributed by atoms with E-state index in [2.05, 4.69) is 10.2 Å². The van der Waals surface area contributed by atoms with Gasteiger partial charge in [-0.2, -0.15) is 0 Å². The van der Waals surface area contributed by atoms with Gasteiger partial charge in [0.05, 0.1) is 6.04 Å². The highest BCUT2D eigenvalue weighted by Gasteiger charge is 2.28. The zero-order valence-corrected chi connectivity index (χ0v) is 17.9. The number of ether oxygens (including phenoxy) is 4. The average molecular weight is 440 g/mol. The van der Waals surface area contributed by atoms with Gasteiger partial charge in [-0.15, -0.1) is 0 Å². The topological polar surface area (TPSA) is 89.5 Å². The van der Waals surface area contributed by atoms with Gasteiger partial charge >= 0.3 is 0 Å². The van der Waals surface area contributed by atoms with Gasteiger partial charge in [-0.3, -0.25) is 4.79 Å². The Morgan fingerprint density at radius 2 is 1.47 bits per heavy atom. The van der Waals surface area contributed by atoms with Crippen molar-refractivity contribution in [3.05, 3.63) is 47.5 Å². The summed E-state index contributed by atoms with van der Waals surface area (Å²) in [6.07, 6.45) is 1.36. The fourth-order valence-electron chi connectivity index (χ4n) is 4.38. The standard InChI is InChI=1S/C24H28N2O6/c27-23(16-3-5-19-21(13-16)31-11-9-29-19)18(15-26-7-1-2-8-26)25-24(28)17-4-6-20-22(14-17)32-12-10-30-20/h3-6,13-14,18,23,27H,1-2,7-12,15H2,(H,25,28)/t18-,23-/m1/s1. The maximum absolute atomic E-state index is 13.1. The number of fused-ring (bicyclic) bond motifs is 2. The Balaban J connectivity index is 1.36. The number of rotatable bonds is 6. The molecule has 1 saturated heterocycles. The largest absolute Gasteiger partial charge is 0.486 e. The van der Waals surface area contributed by atoms with E-state index >= 15 is 0 Å². The Labute approximate surface area is 187 Å². The number of nitrogens with zero attached hydrogens (tertiary/aromatic N) is 1. The van der Waals surface area contributed by atoms with Gasteiger partial charge < -0.3 is 34.3 Å². The fraction of sp³-hybridized carbons (Fsp3) is 0.458. The Morgan fingerprint density at radius 3 is 2.16 bits per heavy atom. The molecule has 0 unspecified atom stereocenters. The van der Waals surface area contributed by atoms with Crippen LogP contribution in [0, 0.1) is 0 Å². The molecule has 2 atom stereocenters. The lowest BCUT2D eigenvalue weighted by Crippen LogP contribution is -2.46. The van der Waals surface area contributed by atoms with Crippen LogP contribution in [0.2, 0.25) is 0 Å². The summed E-state index contributed by atoms with van der Waals surface area (Å²) in [4.78, 5) is 15.4. The molecule has 3 aliphatic rings. The second-order valence-electron chi connectivity index (χ2n) is 8.29. The molecule has 2 aromatic rings. The maximum Gasteiger partial charge on any atom is 0.251 e. The summed E-state index contributed by atoms with van der Waals surface area (Å²) in [6, 6.07) is 10.1. The monoisotopic (exact) mass is 440 g/mol. The van der Waals surface area contributed by atoms with Crippen LogP contribution in [0.15, 0.2) is 36.4 Å². The van der Waals surface area contributed by atoms with Crippen molar-refractivity contribution in [2.45, 2.75) is 25.0 Å². The van der Waals surface area contributed by atoms with Crippen molar-refractivity contribution in [3.63, 3.8) is 0 Å². The minimum absolute atomic E-state index is 0.261. The minimum atomic E-state index is -0.896. The van der Waals surface area contributed by atoms with E-state index in [0.29, 0.717) is 67.1 Å². The lowest BCUT2D eigenvalue weighted by Gasteiger charge is -2.29.